The Balaban J connectivity index is 2.39. The van der Waals surface area contributed by atoms with E-state index in [2.05, 4.69) is 0 Å². The third-order valence-corrected chi connectivity index (χ3v) is 4.29. The van der Waals surface area contributed by atoms with Gasteiger partial charge in [0.2, 0.25) is 0 Å². The summed E-state index contributed by atoms with van der Waals surface area (Å²) in [6, 6.07) is 13.7. The molecule has 0 aliphatic heterocycles. The summed E-state index contributed by atoms with van der Waals surface area (Å²) in [6.45, 7) is 4.38. The average Bonchev–Trinajstić information content (AvgIpc) is 2.66. The number of aliphatic hydroxyl groups excluding tert-OH is 1. The molecule has 0 heterocycles. The Morgan fingerprint density at radius 3 is 2.30 bits per heavy atom. The first-order chi connectivity index (χ1) is 12.8. The molecule has 0 aromatic heterocycles. The molecular weight excluding hydrogens is 342 g/mol. The second kappa shape index (κ2) is 9.33. The fourth-order valence-electron chi connectivity index (χ4n) is 2.73. The monoisotopic (exact) mass is 369 g/mol. The first-order valence-corrected chi connectivity index (χ1v) is 9.07. The maximum absolute atomic E-state index is 13.0. The van der Waals surface area contributed by atoms with E-state index >= 15 is 0 Å². The van der Waals surface area contributed by atoms with Gasteiger partial charge in [-0.05, 0) is 24.0 Å². The van der Waals surface area contributed by atoms with Gasteiger partial charge in [0, 0.05) is 19.7 Å². The standard InChI is InChI=1S/C22H27NO4/c1-15(2)13-14-27-22(26)19-17(11-8-12-18(19)23(3)4)21(25)20(24)16-9-6-5-7-10-16/h5-12,15,20,24H,13-14H2,1-4H3. The lowest BCUT2D eigenvalue weighted by molar-refractivity contribution is 0.0483. The molecule has 144 valence electrons. The number of carbonyl (C=O) groups is 2. The molecule has 0 aliphatic carbocycles. The number of hydrogen-bond donors (Lipinski definition) is 1. The Morgan fingerprint density at radius 2 is 1.70 bits per heavy atom. The third kappa shape index (κ3) is 5.17. The van der Waals surface area contributed by atoms with Gasteiger partial charge in [0.1, 0.15) is 6.10 Å². The number of esters is 1. The highest BCUT2D eigenvalue weighted by molar-refractivity contribution is 6.11. The molecule has 2 rings (SSSR count). The molecule has 5 heteroatoms. The summed E-state index contributed by atoms with van der Waals surface area (Å²) in [5.74, 6) is -0.674. The summed E-state index contributed by atoms with van der Waals surface area (Å²) in [7, 11) is 3.59. The van der Waals surface area contributed by atoms with Gasteiger partial charge in [0.05, 0.1) is 17.9 Å². The van der Waals surface area contributed by atoms with Gasteiger partial charge in [-0.1, -0.05) is 56.3 Å². The van der Waals surface area contributed by atoms with Crippen molar-refractivity contribution < 1.29 is 19.4 Å². The van der Waals surface area contributed by atoms with Crippen LogP contribution in [0.1, 0.15) is 52.7 Å². The van der Waals surface area contributed by atoms with Crippen LogP contribution < -0.4 is 4.90 Å². The van der Waals surface area contributed by atoms with E-state index in [1.165, 1.54) is 0 Å². The molecule has 0 bridgehead atoms. The molecular formula is C22H27NO4. The highest BCUT2D eigenvalue weighted by atomic mass is 16.5. The van der Waals surface area contributed by atoms with Crippen molar-refractivity contribution in [2.75, 3.05) is 25.6 Å². The molecule has 0 radical (unpaired) electrons. The Kier molecular flexibility index (Phi) is 7.13. The van der Waals surface area contributed by atoms with Crippen molar-refractivity contribution in [3.63, 3.8) is 0 Å². The van der Waals surface area contributed by atoms with Gasteiger partial charge in [0.25, 0.3) is 0 Å². The van der Waals surface area contributed by atoms with Gasteiger partial charge in [-0.25, -0.2) is 4.79 Å². The van der Waals surface area contributed by atoms with Crippen LogP contribution >= 0.6 is 0 Å². The topological polar surface area (TPSA) is 66.8 Å². The SMILES string of the molecule is CC(C)CCOC(=O)c1c(C(=O)C(O)c2ccccc2)cccc1N(C)C. The number of Topliss-reactive ketones (excluding diaryl/α,β-unsaturated/α-hetero) is 1. The maximum atomic E-state index is 13.0. The van der Waals surface area contributed by atoms with E-state index in [1.54, 1.807) is 61.5 Å². The van der Waals surface area contributed by atoms with Crippen LogP contribution in [0.15, 0.2) is 48.5 Å². The number of anilines is 1. The largest absolute Gasteiger partial charge is 0.462 e. The molecule has 27 heavy (non-hydrogen) atoms. The van der Waals surface area contributed by atoms with Crippen molar-refractivity contribution in [1.82, 2.24) is 0 Å². The first-order valence-electron chi connectivity index (χ1n) is 9.07. The Bertz CT molecular complexity index is 784. The number of nitrogens with zero attached hydrogens (tertiary/aromatic N) is 1. The van der Waals surface area contributed by atoms with Gasteiger partial charge in [-0.15, -0.1) is 0 Å². The van der Waals surface area contributed by atoms with E-state index in [1.807, 2.05) is 19.9 Å². The van der Waals surface area contributed by atoms with Gasteiger partial charge in [-0.2, -0.15) is 0 Å². The Hall–Kier alpha value is -2.66. The lowest BCUT2D eigenvalue weighted by Crippen LogP contribution is -2.22. The van der Waals surface area contributed by atoms with Crippen LogP contribution in [-0.4, -0.2) is 37.6 Å². The van der Waals surface area contributed by atoms with Crippen molar-refractivity contribution in [1.29, 1.82) is 0 Å². The smallest absolute Gasteiger partial charge is 0.340 e. The van der Waals surface area contributed by atoms with Crippen LogP contribution in [0.2, 0.25) is 0 Å². The summed E-state index contributed by atoms with van der Waals surface area (Å²) in [5.41, 5.74) is 1.41. The Labute approximate surface area is 160 Å². The van der Waals surface area contributed by atoms with Crippen molar-refractivity contribution in [2.24, 2.45) is 5.92 Å². The van der Waals surface area contributed by atoms with E-state index < -0.39 is 17.9 Å². The van der Waals surface area contributed by atoms with Gasteiger partial charge < -0.3 is 14.7 Å². The van der Waals surface area contributed by atoms with Gasteiger partial charge in [-0.3, -0.25) is 4.79 Å². The molecule has 1 unspecified atom stereocenters. The lowest BCUT2D eigenvalue weighted by atomic mass is 9.95. The normalized spacial score (nSPS) is 11.9. The molecule has 0 saturated carbocycles. The van der Waals surface area contributed by atoms with Crippen LogP contribution in [0.3, 0.4) is 0 Å². The lowest BCUT2D eigenvalue weighted by Gasteiger charge is -2.20. The Morgan fingerprint density at radius 1 is 1.04 bits per heavy atom. The van der Waals surface area contributed by atoms with Gasteiger partial charge >= 0.3 is 5.97 Å². The summed E-state index contributed by atoms with van der Waals surface area (Å²) in [5, 5.41) is 10.5. The number of hydrogen-bond acceptors (Lipinski definition) is 5. The number of carbonyl (C=O) groups excluding carboxylic acids is 2. The van der Waals surface area contributed by atoms with Crippen LogP contribution in [-0.2, 0) is 4.74 Å². The summed E-state index contributed by atoms with van der Waals surface area (Å²) in [4.78, 5) is 27.5. The predicted molar refractivity (Wildman–Crippen MR) is 106 cm³/mol. The second-order valence-corrected chi connectivity index (χ2v) is 7.09. The number of ketones is 1. The molecule has 1 N–H and O–H groups in total. The fraction of sp³-hybridized carbons (Fsp3) is 0.364. The van der Waals surface area contributed by atoms with Gasteiger partial charge in [0.15, 0.2) is 5.78 Å². The predicted octanol–water partition coefficient (Wildman–Crippen LogP) is 3.87. The van der Waals surface area contributed by atoms with E-state index in [9.17, 15) is 14.7 Å². The molecule has 0 amide bonds. The third-order valence-electron chi connectivity index (χ3n) is 4.29. The fourth-order valence-corrected chi connectivity index (χ4v) is 2.73. The highest BCUT2D eigenvalue weighted by Crippen LogP contribution is 2.28. The molecule has 2 aromatic carbocycles. The minimum absolute atomic E-state index is 0.159. The van der Waals surface area contributed by atoms with Crippen molar-refractivity contribution in [2.45, 2.75) is 26.4 Å². The number of aliphatic hydroxyl groups is 1. The zero-order valence-electron chi connectivity index (χ0n) is 16.3. The molecule has 2 aromatic rings. The quantitative estimate of drug-likeness (QED) is 0.565. The second-order valence-electron chi connectivity index (χ2n) is 7.09. The molecule has 0 fully saturated rings. The molecule has 0 saturated heterocycles. The number of rotatable bonds is 8. The number of ether oxygens (including phenoxy) is 1. The van der Waals surface area contributed by atoms with E-state index in [0.29, 0.717) is 17.2 Å². The van der Waals surface area contributed by atoms with Crippen LogP contribution in [0.4, 0.5) is 5.69 Å². The minimum atomic E-state index is -1.34. The van der Waals surface area contributed by atoms with Crippen molar-refractivity contribution >= 4 is 17.4 Å². The molecule has 1 atom stereocenters. The van der Waals surface area contributed by atoms with Crippen LogP contribution in [0.25, 0.3) is 0 Å². The summed E-state index contributed by atoms with van der Waals surface area (Å²) in [6.07, 6.45) is -0.600. The molecule has 0 spiro atoms. The molecule has 5 nitrogen and oxygen atoms in total. The summed E-state index contributed by atoms with van der Waals surface area (Å²) < 4.78 is 5.41. The van der Waals surface area contributed by atoms with Crippen LogP contribution in [0.5, 0.6) is 0 Å². The van der Waals surface area contributed by atoms with Crippen molar-refractivity contribution in [3.05, 3.63) is 65.2 Å². The van der Waals surface area contributed by atoms with E-state index in [4.69, 9.17) is 4.74 Å². The maximum Gasteiger partial charge on any atom is 0.340 e. The van der Waals surface area contributed by atoms with E-state index in [-0.39, 0.29) is 17.7 Å². The van der Waals surface area contributed by atoms with Crippen LogP contribution in [0, 0.1) is 5.92 Å². The number of benzene rings is 2. The highest BCUT2D eigenvalue weighted by Gasteiger charge is 2.27. The van der Waals surface area contributed by atoms with Crippen molar-refractivity contribution in [3.8, 4) is 0 Å². The minimum Gasteiger partial charge on any atom is -0.462 e. The zero-order valence-corrected chi connectivity index (χ0v) is 16.3. The average molecular weight is 369 g/mol. The molecule has 0 aliphatic rings. The first kappa shape index (κ1) is 20.6. The van der Waals surface area contributed by atoms with E-state index in [0.717, 1.165) is 6.42 Å². The summed E-state index contributed by atoms with van der Waals surface area (Å²) >= 11 is 0. The zero-order chi connectivity index (χ0) is 20.0.